The summed E-state index contributed by atoms with van der Waals surface area (Å²) in [6.07, 6.45) is -2.84. The minimum Gasteiger partial charge on any atom is -0.258 e. The van der Waals surface area contributed by atoms with Crippen LogP contribution < -0.4 is 0 Å². The molecule has 15 heavy (non-hydrogen) atoms. The van der Waals surface area contributed by atoms with Crippen LogP contribution in [0.25, 0.3) is 0 Å². The van der Waals surface area contributed by atoms with Crippen LogP contribution in [0.2, 0.25) is 0 Å². The second kappa shape index (κ2) is 3.96. The second-order valence-electron chi connectivity index (χ2n) is 2.70. The van der Waals surface area contributed by atoms with Crippen LogP contribution >= 0.6 is 0 Å². The fraction of sp³-hybridized carbons (Fsp3) is 0.250. The van der Waals surface area contributed by atoms with Crippen molar-refractivity contribution >= 4 is 5.69 Å². The molecule has 0 fully saturated rings. The van der Waals surface area contributed by atoms with E-state index < -0.39 is 28.3 Å². The van der Waals surface area contributed by atoms with E-state index in [-0.39, 0.29) is 5.69 Å². The lowest BCUT2D eigenvalue weighted by molar-refractivity contribution is -0.385. The van der Waals surface area contributed by atoms with Crippen molar-refractivity contribution in [2.75, 3.05) is 0 Å². The van der Waals surface area contributed by atoms with E-state index in [2.05, 4.69) is 4.98 Å². The summed E-state index contributed by atoms with van der Waals surface area (Å²) in [6.45, 7) is 1.27. The molecule has 0 aliphatic rings. The zero-order valence-corrected chi connectivity index (χ0v) is 7.57. The lowest BCUT2D eigenvalue weighted by Gasteiger charge is -2.03. The third-order valence-electron chi connectivity index (χ3n) is 1.77. The van der Waals surface area contributed by atoms with Gasteiger partial charge in [0.2, 0.25) is 5.69 Å². The first-order chi connectivity index (χ1) is 6.97. The predicted octanol–water partition coefficient (Wildman–Crippen LogP) is 2.11. The average molecular weight is 213 g/mol. The van der Waals surface area contributed by atoms with Gasteiger partial charge >= 0.3 is 5.69 Å². The maximum atomic E-state index is 12.4. The second-order valence-corrected chi connectivity index (χ2v) is 2.70. The zero-order chi connectivity index (χ0) is 11.6. The van der Waals surface area contributed by atoms with E-state index in [0.717, 1.165) is 0 Å². The van der Waals surface area contributed by atoms with Gasteiger partial charge in [-0.2, -0.15) is 5.26 Å². The number of aromatic nitrogens is 1. The molecule has 1 rings (SSSR count). The van der Waals surface area contributed by atoms with Gasteiger partial charge in [-0.05, 0) is 6.92 Å². The molecule has 0 aliphatic carbocycles. The van der Waals surface area contributed by atoms with Crippen LogP contribution in [0.15, 0.2) is 6.07 Å². The van der Waals surface area contributed by atoms with Gasteiger partial charge in [0, 0.05) is 17.3 Å². The summed E-state index contributed by atoms with van der Waals surface area (Å²) in [7, 11) is 0. The molecule has 1 aromatic rings. The molecule has 78 valence electrons. The molecular weight excluding hydrogens is 208 g/mol. The smallest absolute Gasteiger partial charge is 0.258 e. The summed E-state index contributed by atoms with van der Waals surface area (Å²) in [5.74, 6) is 0. The molecule has 7 heteroatoms. The van der Waals surface area contributed by atoms with E-state index in [4.69, 9.17) is 5.26 Å². The van der Waals surface area contributed by atoms with Crippen LogP contribution in [-0.2, 0) is 0 Å². The van der Waals surface area contributed by atoms with Gasteiger partial charge in [0.05, 0.1) is 4.92 Å². The van der Waals surface area contributed by atoms with E-state index in [0.29, 0.717) is 6.07 Å². The molecular formula is C8H5F2N3O2. The highest BCUT2D eigenvalue weighted by Crippen LogP contribution is 2.27. The fourth-order valence-corrected chi connectivity index (χ4v) is 1.05. The number of nitro groups is 1. The summed E-state index contributed by atoms with van der Waals surface area (Å²) in [6, 6.07) is 2.17. The van der Waals surface area contributed by atoms with E-state index >= 15 is 0 Å². The molecule has 5 nitrogen and oxygen atoms in total. The van der Waals surface area contributed by atoms with Crippen molar-refractivity contribution in [2.45, 2.75) is 13.3 Å². The first kappa shape index (κ1) is 11.0. The van der Waals surface area contributed by atoms with Crippen molar-refractivity contribution in [3.05, 3.63) is 33.1 Å². The molecule has 0 amide bonds. The molecule has 1 heterocycles. The van der Waals surface area contributed by atoms with Crippen molar-refractivity contribution in [1.82, 2.24) is 4.98 Å². The molecule has 0 N–H and O–H groups in total. The van der Waals surface area contributed by atoms with E-state index in [1.165, 1.54) is 13.0 Å². The normalized spacial score (nSPS) is 10.1. The van der Waals surface area contributed by atoms with Crippen molar-refractivity contribution in [3.63, 3.8) is 0 Å². The monoisotopic (exact) mass is 213 g/mol. The lowest BCUT2D eigenvalue weighted by atomic mass is 10.1. The SMILES string of the molecule is Cc1nc(C#N)c([N+](=O)[O-])cc1C(F)F. The molecule has 0 saturated heterocycles. The summed E-state index contributed by atoms with van der Waals surface area (Å²) >= 11 is 0. The molecule has 0 saturated carbocycles. The van der Waals surface area contributed by atoms with Crippen LogP contribution in [0.3, 0.4) is 0 Å². The fourth-order valence-electron chi connectivity index (χ4n) is 1.05. The predicted molar refractivity (Wildman–Crippen MR) is 45.3 cm³/mol. The Morgan fingerprint density at radius 3 is 2.67 bits per heavy atom. The maximum Gasteiger partial charge on any atom is 0.306 e. The number of nitriles is 1. The van der Waals surface area contributed by atoms with Crippen molar-refractivity contribution in [1.29, 1.82) is 5.26 Å². The van der Waals surface area contributed by atoms with Crippen molar-refractivity contribution in [2.24, 2.45) is 0 Å². The molecule has 0 radical (unpaired) electrons. The van der Waals surface area contributed by atoms with E-state index in [9.17, 15) is 18.9 Å². The van der Waals surface area contributed by atoms with Gasteiger partial charge in [0.25, 0.3) is 6.43 Å². The number of hydrogen-bond donors (Lipinski definition) is 0. The number of pyridine rings is 1. The van der Waals surface area contributed by atoms with Crippen LogP contribution in [0.4, 0.5) is 14.5 Å². The van der Waals surface area contributed by atoms with Gasteiger partial charge in [0.1, 0.15) is 6.07 Å². The largest absolute Gasteiger partial charge is 0.306 e. The zero-order valence-electron chi connectivity index (χ0n) is 7.57. The quantitative estimate of drug-likeness (QED) is 0.556. The molecule has 1 aromatic heterocycles. The Morgan fingerprint density at radius 2 is 2.27 bits per heavy atom. The highest BCUT2D eigenvalue weighted by Gasteiger charge is 2.22. The Hall–Kier alpha value is -2.10. The molecule has 0 atom stereocenters. The number of rotatable bonds is 2. The number of halogens is 2. The highest BCUT2D eigenvalue weighted by atomic mass is 19.3. The van der Waals surface area contributed by atoms with Gasteiger partial charge in [0.15, 0.2) is 0 Å². The minimum atomic E-state index is -2.84. The number of nitrogens with zero attached hydrogens (tertiary/aromatic N) is 3. The number of hydrogen-bond acceptors (Lipinski definition) is 4. The summed E-state index contributed by atoms with van der Waals surface area (Å²) in [5, 5.41) is 19.0. The summed E-state index contributed by atoms with van der Waals surface area (Å²) < 4.78 is 24.7. The van der Waals surface area contributed by atoms with Crippen molar-refractivity contribution < 1.29 is 13.7 Å². The van der Waals surface area contributed by atoms with Crippen LogP contribution in [0, 0.1) is 28.4 Å². The van der Waals surface area contributed by atoms with Crippen LogP contribution in [0.5, 0.6) is 0 Å². The molecule has 0 aromatic carbocycles. The highest BCUT2D eigenvalue weighted by molar-refractivity contribution is 5.47. The van der Waals surface area contributed by atoms with E-state index in [1.54, 1.807) is 0 Å². The van der Waals surface area contributed by atoms with Gasteiger partial charge in [-0.15, -0.1) is 0 Å². The lowest BCUT2D eigenvalue weighted by Crippen LogP contribution is -2.01. The minimum absolute atomic E-state index is 0.0767. The summed E-state index contributed by atoms with van der Waals surface area (Å²) in [5.41, 5.74) is -1.76. The molecule has 0 unspecified atom stereocenters. The topological polar surface area (TPSA) is 79.8 Å². The Kier molecular flexibility index (Phi) is 2.90. The average Bonchev–Trinajstić information content (AvgIpc) is 2.16. The first-order valence-corrected chi connectivity index (χ1v) is 3.81. The van der Waals surface area contributed by atoms with Gasteiger partial charge < -0.3 is 0 Å². The Morgan fingerprint density at radius 1 is 1.67 bits per heavy atom. The third kappa shape index (κ3) is 2.04. The van der Waals surface area contributed by atoms with Gasteiger partial charge in [-0.1, -0.05) is 0 Å². The van der Waals surface area contributed by atoms with E-state index in [1.807, 2.05) is 0 Å². The molecule has 0 spiro atoms. The number of aryl methyl sites for hydroxylation is 1. The maximum absolute atomic E-state index is 12.4. The standard InChI is InChI=1S/C8H5F2N3O2/c1-4-5(8(9)10)2-7(13(14)15)6(3-11)12-4/h2,8H,1H3. The molecule has 0 bridgehead atoms. The van der Waals surface area contributed by atoms with Gasteiger partial charge in [-0.25, -0.2) is 13.8 Å². The van der Waals surface area contributed by atoms with Crippen molar-refractivity contribution in [3.8, 4) is 6.07 Å². The van der Waals surface area contributed by atoms with Crippen LogP contribution in [0.1, 0.15) is 23.4 Å². The summed E-state index contributed by atoms with van der Waals surface area (Å²) in [4.78, 5) is 13.0. The Labute approximate surface area is 83.1 Å². The third-order valence-corrected chi connectivity index (χ3v) is 1.77. The molecule has 0 aliphatic heterocycles. The Balaban J connectivity index is 3.45. The number of alkyl halides is 2. The Bertz CT molecular complexity index is 454. The van der Waals surface area contributed by atoms with Crippen LogP contribution in [-0.4, -0.2) is 9.91 Å². The van der Waals surface area contributed by atoms with Gasteiger partial charge in [-0.3, -0.25) is 10.1 Å². The first-order valence-electron chi connectivity index (χ1n) is 3.81.